The zero-order chi connectivity index (χ0) is 29.4. The summed E-state index contributed by atoms with van der Waals surface area (Å²) in [5.41, 5.74) is 0. The summed E-state index contributed by atoms with van der Waals surface area (Å²) in [5, 5.41) is 9.12. The van der Waals surface area contributed by atoms with Gasteiger partial charge in [-0.2, -0.15) is 0 Å². The van der Waals surface area contributed by atoms with Crippen molar-refractivity contribution in [2.45, 2.75) is 129 Å². The zero-order valence-corrected chi connectivity index (χ0v) is 28.3. The first-order valence-electron chi connectivity index (χ1n) is 15.9. The maximum atomic E-state index is 13.3. The summed E-state index contributed by atoms with van der Waals surface area (Å²) < 4.78 is 42.0. The lowest BCUT2D eigenvalue weighted by atomic mass is 10.1. The first-order valence-corrected chi connectivity index (χ1v) is 18.7. The van der Waals surface area contributed by atoms with Gasteiger partial charge in [0.2, 0.25) is 13.1 Å². The third-order valence-electron chi connectivity index (χ3n) is 7.19. The van der Waals surface area contributed by atoms with Crippen molar-refractivity contribution in [3.63, 3.8) is 0 Å². The summed E-state index contributed by atoms with van der Waals surface area (Å²) >= 11 is 0. The van der Waals surface area contributed by atoms with Crippen LogP contribution >= 0.6 is 15.6 Å². The summed E-state index contributed by atoms with van der Waals surface area (Å²) in [6.07, 6.45) is 18.1. The Morgan fingerprint density at radius 1 is 0.641 bits per heavy atom. The zero-order valence-electron chi connectivity index (χ0n) is 26.4. The molecule has 1 N–H and O–H groups in total. The Hall–Kier alpha value is 0.220. The van der Waals surface area contributed by atoms with Crippen molar-refractivity contribution in [2.24, 2.45) is 0 Å². The first-order chi connectivity index (χ1) is 18.7. The van der Waals surface area contributed by atoms with Crippen molar-refractivity contribution < 1.29 is 27.8 Å². The first kappa shape index (κ1) is 39.2. The normalized spacial score (nSPS) is 14.8. The maximum absolute atomic E-state index is 13.3. The van der Waals surface area contributed by atoms with E-state index in [-0.39, 0.29) is 26.2 Å². The molecule has 10 heteroatoms. The van der Waals surface area contributed by atoms with Gasteiger partial charge in [-0.1, -0.05) is 77.6 Å². The highest BCUT2D eigenvalue weighted by atomic mass is 31.2. The molecular weight excluding hydrogens is 534 g/mol. The molecule has 0 rings (SSSR count). The van der Waals surface area contributed by atoms with E-state index in [4.69, 9.17) is 13.6 Å². The van der Waals surface area contributed by atoms with Crippen LogP contribution in [0.25, 0.3) is 0 Å². The fourth-order valence-corrected chi connectivity index (χ4v) is 8.80. The Labute approximate surface area is 242 Å². The van der Waals surface area contributed by atoms with Gasteiger partial charge in [0.05, 0.1) is 19.8 Å². The van der Waals surface area contributed by atoms with Crippen LogP contribution in [-0.2, 0) is 22.7 Å². The predicted molar refractivity (Wildman–Crippen MR) is 166 cm³/mol. The number of nitrogens with zero attached hydrogens (tertiary/aromatic N) is 2. The van der Waals surface area contributed by atoms with Crippen LogP contribution in [-0.4, -0.2) is 80.1 Å². The molecule has 0 aliphatic heterocycles. The molecule has 39 heavy (non-hydrogen) atoms. The Morgan fingerprint density at radius 2 is 1.05 bits per heavy atom. The van der Waals surface area contributed by atoms with Gasteiger partial charge in [-0.25, -0.2) is 0 Å². The van der Waals surface area contributed by atoms with E-state index in [2.05, 4.69) is 23.8 Å². The smallest absolute Gasteiger partial charge is 0.370 e. The Bertz CT molecular complexity index is 633. The van der Waals surface area contributed by atoms with Gasteiger partial charge in [-0.05, 0) is 86.7 Å². The van der Waals surface area contributed by atoms with E-state index in [1.807, 2.05) is 7.05 Å². The molecule has 2 atom stereocenters. The number of unbranched alkanes of at least 4 members (excludes halogenated alkanes) is 11. The fourth-order valence-electron chi connectivity index (χ4n) is 4.84. The lowest BCUT2D eigenvalue weighted by Crippen LogP contribution is -2.31. The minimum atomic E-state index is -4.01. The van der Waals surface area contributed by atoms with Gasteiger partial charge in [0.25, 0.3) is 0 Å². The molecule has 236 valence electrons. The molecule has 0 aromatic carbocycles. The third-order valence-corrected chi connectivity index (χ3v) is 12.3. The molecule has 0 aromatic rings. The molecule has 0 aliphatic rings. The van der Waals surface area contributed by atoms with Crippen LogP contribution < -0.4 is 0 Å². The van der Waals surface area contributed by atoms with Gasteiger partial charge >= 0.3 is 7.60 Å². The van der Waals surface area contributed by atoms with E-state index in [9.17, 15) is 14.2 Å². The highest BCUT2D eigenvalue weighted by molar-refractivity contribution is 7.68. The second-order valence-corrected chi connectivity index (χ2v) is 15.2. The van der Waals surface area contributed by atoms with Crippen molar-refractivity contribution in [3.05, 3.63) is 0 Å². The summed E-state index contributed by atoms with van der Waals surface area (Å²) in [5.74, 6) is 0. The van der Waals surface area contributed by atoms with Gasteiger partial charge < -0.3 is 28.5 Å². The fraction of sp³-hybridized carbons (Fsp3) is 1.00. The van der Waals surface area contributed by atoms with Crippen LogP contribution in [0.5, 0.6) is 0 Å². The highest BCUT2D eigenvalue weighted by Gasteiger charge is 2.54. The number of rotatable bonds is 29. The van der Waals surface area contributed by atoms with E-state index >= 15 is 0 Å². The van der Waals surface area contributed by atoms with Crippen molar-refractivity contribution in [1.29, 1.82) is 0 Å². The van der Waals surface area contributed by atoms with Crippen molar-refractivity contribution in [2.75, 3.05) is 60.1 Å². The Kier molecular flexibility index (Phi) is 24.9. The number of hydrogen-bond donors (Lipinski definition) is 1. The molecule has 0 amide bonds. The largest absolute Gasteiger partial charge is 0.371 e. The summed E-state index contributed by atoms with van der Waals surface area (Å²) in [6.45, 7) is 11.5. The van der Waals surface area contributed by atoms with Gasteiger partial charge in [0.1, 0.15) is 0 Å². The van der Waals surface area contributed by atoms with Crippen LogP contribution in [0.2, 0.25) is 0 Å². The minimum Gasteiger partial charge on any atom is -0.370 e. The molecule has 0 spiro atoms. The molecule has 0 heterocycles. The lowest BCUT2D eigenvalue weighted by molar-refractivity contribution is 0.103. The molecule has 0 saturated carbocycles. The average Bonchev–Trinajstić information content (AvgIpc) is 2.89. The van der Waals surface area contributed by atoms with Gasteiger partial charge in [-0.3, -0.25) is 9.13 Å². The molecule has 0 bridgehead atoms. The summed E-state index contributed by atoms with van der Waals surface area (Å²) in [4.78, 5) is 4.61. The Morgan fingerprint density at radius 3 is 1.49 bits per heavy atom. The third kappa shape index (κ3) is 17.7. The molecular formula is C29H64N2O6P2. The van der Waals surface area contributed by atoms with Crippen LogP contribution in [0, 0.1) is 0 Å². The van der Waals surface area contributed by atoms with E-state index in [0.29, 0.717) is 13.0 Å². The van der Waals surface area contributed by atoms with Gasteiger partial charge in [0, 0.05) is 0 Å². The van der Waals surface area contributed by atoms with E-state index in [1.165, 1.54) is 77.0 Å². The molecule has 0 radical (unpaired) electrons. The van der Waals surface area contributed by atoms with Crippen molar-refractivity contribution in [1.82, 2.24) is 9.80 Å². The molecule has 8 nitrogen and oxygen atoms in total. The SMILES string of the molecule is CCCCCCCCCCCCCCN(C)CCCN(C)CCCC(O)([PH](=O)OCC)P(=O)(OCC)OCC. The maximum Gasteiger partial charge on any atom is 0.371 e. The van der Waals surface area contributed by atoms with Gasteiger partial charge in [-0.15, -0.1) is 0 Å². The minimum absolute atomic E-state index is 0.0330. The highest BCUT2D eigenvalue weighted by Crippen LogP contribution is 2.69. The molecule has 0 aliphatic carbocycles. The van der Waals surface area contributed by atoms with Crippen LogP contribution in [0.1, 0.15) is 124 Å². The standard InChI is InChI=1S/C29H64N2O6P2/c1-7-11-12-13-14-15-16-17-18-19-20-21-25-30(5)27-23-28-31(6)26-22-24-29(32,38(33)35-8-2)39(34,36-9-3)37-10-4/h32,38H,7-28H2,1-6H3. The number of hydrogen-bond acceptors (Lipinski definition) is 8. The summed E-state index contributed by atoms with van der Waals surface area (Å²) in [6, 6.07) is 0. The number of aliphatic hydroxyl groups is 1. The van der Waals surface area contributed by atoms with Crippen LogP contribution in [0.3, 0.4) is 0 Å². The predicted octanol–water partition coefficient (Wildman–Crippen LogP) is 8.14. The van der Waals surface area contributed by atoms with Crippen molar-refractivity contribution in [3.8, 4) is 0 Å². The molecule has 0 aromatic heterocycles. The quantitative estimate of drug-likeness (QED) is 0.0682. The van der Waals surface area contributed by atoms with E-state index in [1.54, 1.807) is 20.8 Å². The molecule has 0 fully saturated rings. The molecule has 0 saturated heterocycles. The second-order valence-electron chi connectivity index (χ2n) is 10.8. The summed E-state index contributed by atoms with van der Waals surface area (Å²) in [7, 11) is -2.83. The van der Waals surface area contributed by atoms with Crippen LogP contribution in [0.4, 0.5) is 0 Å². The monoisotopic (exact) mass is 598 g/mol. The van der Waals surface area contributed by atoms with E-state index < -0.39 is 20.7 Å². The second kappa shape index (κ2) is 24.8. The topological polar surface area (TPSA) is 88.5 Å². The van der Waals surface area contributed by atoms with Crippen molar-refractivity contribution >= 4 is 15.6 Å². The molecule has 2 unspecified atom stereocenters. The Balaban J connectivity index is 4.14. The van der Waals surface area contributed by atoms with Gasteiger partial charge in [0.15, 0.2) is 0 Å². The average molecular weight is 599 g/mol. The lowest BCUT2D eigenvalue weighted by Gasteiger charge is -2.33. The van der Waals surface area contributed by atoms with Crippen LogP contribution in [0.15, 0.2) is 0 Å². The van der Waals surface area contributed by atoms with E-state index in [0.717, 1.165) is 26.1 Å².